The third-order valence-corrected chi connectivity index (χ3v) is 7.61. The molecule has 172 valence electrons. The summed E-state index contributed by atoms with van der Waals surface area (Å²) in [7, 11) is 0. The molecule has 0 bridgehead atoms. The van der Waals surface area contributed by atoms with Crippen LogP contribution < -0.4 is 9.80 Å². The van der Waals surface area contributed by atoms with Crippen molar-refractivity contribution in [2.24, 2.45) is 5.92 Å². The molecule has 3 heterocycles. The van der Waals surface area contributed by atoms with Crippen LogP contribution in [0, 0.1) is 5.92 Å². The predicted molar refractivity (Wildman–Crippen MR) is 129 cm³/mol. The molecule has 0 atom stereocenters. The Labute approximate surface area is 193 Å². The van der Waals surface area contributed by atoms with Crippen LogP contribution in [-0.2, 0) is 0 Å². The molecule has 0 saturated carbocycles. The molecule has 7 heteroatoms. The van der Waals surface area contributed by atoms with E-state index in [0.29, 0.717) is 23.8 Å². The van der Waals surface area contributed by atoms with E-state index in [1.54, 1.807) is 0 Å². The molecule has 33 heavy (non-hydrogen) atoms. The highest BCUT2D eigenvalue weighted by molar-refractivity contribution is 6.28. The van der Waals surface area contributed by atoms with E-state index in [2.05, 4.69) is 32.8 Å². The number of piperidine rings is 1. The van der Waals surface area contributed by atoms with Crippen LogP contribution in [0.2, 0.25) is 0 Å². The highest BCUT2D eigenvalue weighted by Crippen LogP contribution is 2.47. The number of aliphatic hydroxyl groups is 1. The molecule has 1 N–H and O–H groups in total. The second kappa shape index (κ2) is 8.15. The summed E-state index contributed by atoms with van der Waals surface area (Å²) < 4.78 is 5.93. The highest BCUT2D eigenvalue weighted by Gasteiger charge is 2.35. The Morgan fingerprint density at radius 2 is 1.70 bits per heavy atom. The lowest BCUT2D eigenvalue weighted by Gasteiger charge is -2.38. The largest absolute Gasteiger partial charge is 0.395 e. The van der Waals surface area contributed by atoms with Crippen molar-refractivity contribution < 1.29 is 14.4 Å². The first-order chi connectivity index (χ1) is 16.2. The SMILES string of the molecule is CC1CCN(c2cc(N3CCN(CCO)CC3)c3noc4c3c2C(=O)c2ccccc2-4)CC1. The van der Waals surface area contributed by atoms with Gasteiger partial charge in [-0.05, 0) is 24.8 Å². The Bertz CT molecular complexity index is 1200. The maximum absolute atomic E-state index is 13.8. The third kappa shape index (κ3) is 3.33. The molecule has 2 saturated heterocycles. The van der Waals surface area contributed by atoms with E-state index in [1.165, 1.54) is 0 Å². The number of carbonyl (C=O) groups excluding carboxylic acids is 1. The van der Waals surface area contributed by atoms with E-state index in [0.717, 1.165) is 85.5 Å². The molecule has 0 radical (unpaired) electrons. The quantitative estimate of drug-likeness (QED) is 0.515. The van der Waals surface area contributed by atoms with Crippen LogP contribution in [0.4, 0.5) is 11.4 Å². The summed E-state index contributed by atoms with van der Waals surface area (Å²) in [5, 5.41) is 14.7. The Balaban J connectivity index is 1.51. The average Bonchev–Trinajstić information content (AvgIpc) is 3.29. The molecule has 2 aromatic carbocycles. The topological polar surface area (TPSA) is 73.1 Å². The summed E-state index contributed by atoms with van der Waals surface area (Å²) in [4.78, 5) is 20.8. The van der Waals surface area contributed by atoms with Gasteiger partial charge in [0.05, 0.1) is 28.9 Å². The van der Waals surface area contributed by atoms with Crippen molar-refractivity contribution >= 4 is 28.1 Å². The van der Waals surface area contributed by atoms with Gasteiger partial charge < -0.3 is 19.4 Å². The molecular weight excluding hydrogens is 416 g/mol. The second-order valence-corrected chi connectivity index (χ2v) is 9.62. The van der Waals surface area contributed by atoms with Gasteiger partial charge in [-0.25, -0.2) is 0 Å². The minimum absolute atomic E-state index is 0.0687. The summed E-state index contributed by atoms with van der Waals surface area (Å²) in [5.41, 5.74) is 5.13. The van der Waals surface area contributed by atoms with Crippen LogP contribution in [-0.4, -0.2) is 73.4 Å². The van der Waals surface area contributed by atoms with Crippen molar-refractivity contribution in [3.8, 4) is 11.3 Å². The standard InChI is InChI=1S/C26H30N4O3/c1-17-6-8-29(9-7-17)20-16-21(30-12-10-28(11-13-30)14-15-31)24-23-22(20)25(32)18-4-2-3-5-19(18)26(23)33-27-24/h2-5,16-17,31H,6-15H2,1H3. The number of ketones is 1. The monoisotopic (exact) mass is 446 g/mol. The number of rotatable bonds is 4. The molecule has 0 unspecified atom stereocenters. The number of nitrogens with zero attached hydrogens (tertiary/aromatic N) is 4. The number of fused-ring (bicyclic) bond motifs is 2. The van der Waals surface area contributed by atoms with E-state index in [9.17, 15) is 9.90 Å². The van der Waals surface area contributed by atoms with Gasteiger partial charge in [0.15, 0.2) is 11.5 Å². The first kappa shape index (κ1) is 20.7. The van der Waals surface area contributed by atoms with Crippen molar-refractivity contribution in [2.75, 3.05) is 62.2 Å². The van der Waals surface area contributed by atoms with Crippen molar-refractivity contribution in [1.29, 1.82) is 0 Å². The number of benzene rings is 2. The Morgan fingerprint density at radius 1 is 1.00 bits per heavy atom. The van der Waals surface area contributed by atoms with Gasteiger partial charge >= 0.3 is 0 Å². The van der Waals surface area contributed by atoms with Gasteiger partial charge in [-0.3, -0.25) is 9.69 Å². The number of β-amino-alcohol motifs (C(OH)–C–C–N with tert-alkyl or cyclic N) is 1. The molecule has 3 aromatic rings. The van der Waals surface area contributed by atoms with Crippen LogP contribution in [0.5, 0.6) is 0 Å². The number of anilines is 2. The second-order valence-electron chi connectivity index (χ2n) is 9.62. The lowest BCUT2D eigenvalue weighted by atomic mass is 9.85. The lowest BCUT2D eigenvalue weighted by Crippen LogP contribution is -2.47. The molecule has 2 aliphatic heterocycles. The number of hydrogen-bond acceptors (Lipinski definition) is 7. The molecule has 1 aliphatic carbocycles. The number of piperazine rings is 1. The first-order valence-electron chi connectivity index (χ1n) is 12.1. The molecular formula is C26H30N4O3. The predicted octanol–water partition coefficient (Wildman–Crippen LogP) is 3.39. The number of hydrogen-bond donors (Lipinski definition) is 1. The lowest BCUT2D eigenvalue weighted by molar-refractivity contribution is 0.104. The molecule has 2 fully saturated rings. The maximum Gasteiger partial charge on any atom is 0.196 e. The van der Waals surface area contributed by atoms with Crippen molar-refractivity contribution in [2.45, 2.75) is 19.8 Å². The summed E-state index contributed by atoms with van der Waals surface area (Å²) in [6, 6.07) is 9.90. The van der Waals surface area contributed by atoms with E-state index in [-0.39, 0.29) is 12.4 Å². The number of aromatic nitrogens is 1. The van der Waals surface area contributed by atoms with E-state index < -0.39 is 0 Å². The fourth-order valence-electron chi connectivity index (χ4n) is 5.62. The summed E-state index contributed by atoms with van der Waals surface area (Å²) in [6.45, 7) is 8.62. The van der Waals surface area contributed by atoms with Crippen LogP contribution in [0.25, 0.3) is 22.2 Å². The summed E-state index contributed by atoms with van der Waals surface area (Å²) in [6.07, 6.45) is 2.27. The maximum atomic E-state index is 13.8. The molecule has 3 aliphatic rings. The van der Waals surface area contributed by atoms with Gasteiger partial charge in [-0.15, -0.1) is 0 Å². The summed E-state index contributed by atoms with van der Waals surface area (Å²) in [5.74, 6) is 1.49. The highest BCUT2D eigenvalue weighted by atomic mass is 16.5. The van der Waals surface area contributed by atoms with Crippen LogP contribution >= 0.6 is 0 Å². The van der Waals surface area contributed by atoms with E-state index in [4.69, 9.17) is 4.52 Å². The van der Waals surface area contributed by atoms with Gasteiger partial charge in [-0.1, -0.05) is 36.3 Å². The van der Waals surface area contributed by atoms with Gasteiger partial charge in [0.2, 0.25) is 0 Å². The molecule has 6 rings (SSSR count). The number of aliphatic hydroxyl groups excluding tert-OH is 1. The zero-order valence-corrected chi connectivity index (χ0v) is 19.1. The molecule has 7 nitrogen and oxygen atoms in total. The fourth-order valence-corrected chi connectivity index (χ4v) is 5.62. The zero-order chi connectivity index (χ0) is 22.5. The van der Waals surface area contributed by atoms with Crippen LogP contribution in [0.15, 0.2) is 34.9 Å². The van der Waals surface area contributed by atoms with Crippen LogP contribution in [0.3, 0.4) is 0 Å². The first-order valence-corrected chi connectivity index (χ1v) is 12.1. The van der Waals surface area contributed by atoms with E-state index >= 15 is 0 Å². The Hall–Kier alpha value is -2.90. The van der Waals surface area contributed by atoms with Crippen molar-refractivity contribution in [3.05, 3.63) is 41.5 Å². The summed E-state index contributed by atoms with van der Waals surface area (Å²) >= 11 is 0. The zero-order valence-electron chi connectivity index (χ0n) is 19.1. The van der Waals surface area contributed by atoms with Gasteiger partial charge in [-0.2, -0.15) is 0 Å². The van der Waals surface area contributed by atoms with Gasteiger partial charge in [0.1, 0.15) is 5.52 Å². The molecule has 1 aromatic heterocycles. The Kier molecular flexibility index (Phi) is 5.11. The normalized spacial score (nSPS) is 19.4. The third-order valence-electron chi connectivity index (χ3n) is 7.61. The minimum Gasteiger partial charge on any atom is -0.395 e. The molecule has 0 spiro atoms. The molecule has 0 amide bonds. The van der Waals surface area contributed by atoms with Crippen molar-refractivity contribution in [1.82, 2.24) is 10.1 Å². The smallest absolute Gasteiger partial charge is 0.196 e. The van der Waals surface area contributed by atoms with Gasteiger partial charge in [0.25, 0.3) is 0 Å². The fraction of sp³-hybridized carbons (Fsp3) is 0.462. The van der Waals surface area contributed by atoms with Crippen molar-refractivity contribution in [3.63, 3.8) is 0 Å². The van der Waals surface area contributed by atoms with Gasteiger partial charge in [0, 0.05) is 56.9 Å². The minimum atomic E-state index is 0.0687. The average molecular weight is 447 g/mol. The van der Waals surface area contributed by atoms with Crippen LogP contribution in [0.1, 0.15) is 35.7 Å². The Morgan fingerprint density at radius 3 is 2.42 bits per heavy atom. The van der Waals surface area contributed by atoms with E-state index in [1.807, 2.05) is 24.3 Å². The number of carbonyl (C=O) groups is 1.